The Bertz CT molecular complexity index is 488. The first-order chi connectivity index (χ1) is 7.16. The van der Waals surface area contributed by atoms with Crippen molar-refractivity contribution in [3.05, 3.63) is 40.6 Å². The zero-order chi connectivity index (χ0) is 10.8. The van der Waals surface area contributed by atoms with Crippen molar-refractivity contribution in [1.29, 1.82) is 0 Å². The molecule has 15 heavy (non-hydrogen) atoms. The molecule has 3 N–H and O–H groups in total. The van der Waals surface area contributed by atoms with E-state index in [4.69, 9.17) is 23.1 Å². The van der Waals surface area contributed by atoms with Crippen molar-refractivity contribution in [3.8, 4) is 16.9 Å². The maximum Gasteiger partial charge on any atom is 0.115 e. The Morgan fingerprint density at radius 1 is 1.20 bits per heavy atom. The van der Waals surface area contributed by atoms with Crippen LogP contribution in [0.15, 0.2) is 35.7 Å². The van der Waals surface area contributed by atoms with Crippen molar-refractivity contribution in [3.63, 3.8) is 0 Å². The lowest BCUT2D eigenvalue weighted by Crippen LogP contribution is -2.06. The molecule has 1 aromatic carbocycles. The number of hydrogen-bond acceptors (Lipinski definition) is 3. The molecule has 76 valence electrons. The van der Waals surface area contributed by atoms with Gasteiger partial charge in [0.2, 0.25) is 0 Å². The van der Waals surface area contributed by atoms with Gasteiger partial charge in [-0.05, 0) is 34.7 Å². The molecule has 0 radical (unpaired) electrons. The van der Waals surface area contributed by atoms with Crippen LogP contribution in [0.3, 0.4) is 0 Å². The highest BCUT2D eigenvalue weighted by atomic mass is 32.1. The fourth-order valence-corrected chi connectivity index (χ4v) is 2.24. The molecule has 2 rings (SSSR count). The van der Waals surface area contributed by atoms with E-state index in [2.05, 4.69) is 0 Å². The van der Waals surface area contributed by atoms with Crippen LogP contribution < -0.4 is 5.73 Å². The Morgan fingerprint density at radius 3 is 2.40 bits per heavy atom. The van der Waals surface area contributed by atoms with E-state index in [9.17, 15) is 0 Å². The van der Waals surface area contributed by atoms with Crippen LogP contribution in [0.4, 0.5) is 0 Å². The quantitative estimate of drug-likeness (QED) is 0.787. The number of thiocarbonyl (C=S) groups is 1. The van der Waals surface area contributed by atoms with Crippen LogP contribution in [0.25, 0.3) is 11.1 Å². The summed E-state index contributed by atoms with van der Waals surface area (Å²) in [6, 6.07) is 9.00. The van der Waals surface area contributed by atoms with Gasteiger partial charge in [0.15, 0.2) is 0 Å². The molecule has 0 atom stereocenters. The minimum Gasteiger partial charge on any atom is -0.508 e. The zero-order valence-electron chi connectivity index (χ0n) is 7.81. The second-order valence-corrected chi connectivity index (χ2v) is 4.46. The first-order valence-electron chi connectivity index (χ1n) is 4.34. The summed E-state index contributed by atoms with van der Waals surface area (Å²) in [6.07, 6.45) is 0. The number of phenols is 1. The van der Waals surface area contributed by atoms with E-state index in [1.54, 1.807) is 12.1 Å². The van der Waals surface area contributed by atoms with E-state index in [-0.39, 0.29) is 5.75 Å². The van der Waals surface area contributed by atoms with Crippen molar-refractivity contribution < 1.29 is 5.11 Å². The molecule has 2 aromatic rings. The molecule has 0 saturated heterocycles. The number of phenolic OH excluding ortho intramolecular Hbond substituents is 1. The van der Waals surface area contributed by atoms with Gasteiger partial charge in [0, 0.05) is 0 Å². The Kier molecular flexibility index (Phi) is 2.70. The maximum absolute atomic E-state index is 9.16. The van der Waals surface area contributed by atoms with Crippen molar-refractivity contribution in [2.24, 2.45) is 5.73 Å². The third-order valence-corrected chi connectivity index (χ3v) is 3.36. The molecule has 0 amide bonds. The van der Waals surface area contributed by atoms with Crippen molar-refractivity contribution >= 4 is 28.5 Å². The largest absolute Gasteiger partial charge is 0.508 e. The van der Waals surface area contributed by atoms with Gasteiger partial charge in [0.25, 0.3) is 0 Å². The van der Waals surface area contributed by atoms with Gasteiger partial charge >= 0.3 is 0 Å². The van der Waals surface area contributed by atoms with Crippen molar-refractivity contribution in [2.75, 3.05) is 0 Å². The average molecular weight is 235 g/mol. The van der Waals surface area contributed by atoms with Crippen molar-refractivity contribution in [2.45, 2.75) is 0 Å². The number of nitrogens with two attached hydrogens (primary N) is 1. The first kappa shape index (κ1) is 10.1. The molecule has 0 unspecified atom stereocenters. The number of benzene rings is 1. The summed E-state index contributed by atoms with van der Waals surface area (Å²) in [5.74, 6) is 0.267. The molecule has 4 heteroatoms. The van der Waals surface area contributed by atoms with Gasteiger partial charge in [0.05, 0.1) is 4.88 Å². The summed E-state index contributed by atoms with van der Waals surface area (Å²) in [4.78, 5) is 1.33. The molecule has 0 bridgehead atoms. The van der Waals surface area contributed by atoms with E-state index in [0.717, 1.165) is 16.0 Å². The van der Waals surface area contributed by atoms with Crippen LogP contribution in [0, 0.1) is 0 Å². The summed E-state index contributed by atoms with van der Waals surface area (Å²) in [5, 5.41) is 11.2. The summed E-state index contributed by atoms with van der Waals surface area (Å²) in [7, 11) is 0. The molecule has 0 aliphatic carbocycles. The molecule has 0 aliphatic heterocycles. The predicted octanol–water partition coefficient (Wildman–Crippen LogP) is 2.75. The molecule has 0 spiro atoms. The Balaban J connectivity index is 2.37. The van der Waals surface area contributed by atoms with Gasteiger partial charge in [0.1, 0.15) is 10.7 Å². The van der Waals surface area contributed by atoms with E-state index in [1.165, 1.54) is 11.3 Å². The van der Waals surface area contributed by atoms with E-state index in [0.29, 0.717) is 4.99 Å². The maximum atomic E-state index is 9.16. The number of thiophene rings is 1. The smallest absolute Gasteiger partial charge is 0.115 e. The monoisotopic (exact) mass is 235 g/mol. The highest BCUT2D eigenvalue weighted by Gasteiger charge is 2.03. The average Bonchev–Trinajstić information content (AvgIpc) is 2.68. The van der Waals surface area contributed by atoms with Crippen molar-refractivity contribution in [1.82, 2.24) is 0 Å². The molecule has 0 fully saturated rings. The summed E-state index contributed by atoms with van der Waals surface area (Å²) >= 11 is 6.42. The number of hydrogen-bond donors (Lipinski definition) is 2. The Morgan fingerprint density at radius 2 is 1.87 bits per heavy atom. The molecular formula is C11H9NOS2. The summed E-state index contributed by atoms with van der Waals surface area (Å²) < 4.78 is 0. The lowest BCUT2D eigenvalue weighted by atomic mass is 10.1. The lowest BCUT2D eigenvalue weighted by molar-refractivity contribution is 0.475. The minimum atomic E-state index is 0.267. The predicted molar refractivity (Wildman–Crippen MR) is 67.3 cm³/mol. The third kappa shape index (κ3) is 2.16. The summed E-state index contributed by atoms with van der Waals surface area (Å²) in [6.45, 7) is 0. The van der Waals surface area contributed by atoms with Gasteiger partial charge in [-0.25, -0.2) is 0 Å². The minimum absolute atomic E-state index is 0.267. The summed E-state index contributed by atoms with van der Waals surface area (Å²) in [5.41, 5.74) is 7.65. The van der Waals surface area contributed by atoms with E-state index in [1.807, 2.05) is 23.6 Å². The second kappa shape index (κ2) is 4.00. The molecule has 1 heterocycles. The van der Waals surface area contributed by atoms with Gasteiger partial charge in [-0.2, -0.15) is 0 Å². The normalized spacial score (nSPS) is 10.1. The molecular weight excluding hydrogens is 226 g/mol. The van der Waals surface area contributed by atoms with E-state index >= 15 is 0 Å². The molecule has 1 aromatic heterocycles. The SMILES string of the molecule is NC(=S)c1cc(-c2ccc(O)cc2)cs1. The van der Waals surface area contributed by atoms with Gasteiger partial charge in [-0.3, -0.25) is 0 Å². The molecule has 0 saturated carbocycles. The van der Waals surface area contributed by atoms with Crippen LogP contribution in [-0.2, 0) is 0 Å². The molecule has 0 aliphatic rings. The van der Waals surface area contributed by atoms with Crippen LogP contribution in [-0.4, -0.2) is 10.1 Å². The van der Waals surface area contributed by atoms with Crippen LogP contribution in [0.1, 0.15) is 4.88 Å². The highest BCUT2D eigenvalue weighted by Crippen LogP contribution is 2.26. The topological polar surface area (TPSA) is 46.2 Å². The van der Waals surface area contributed by atoms with Crippen LogP contribution in [0.5, 0.6) is 5.75 Å². The third-order valence-electron chi connectivity index (χ3n) is 2.04. The fraction of sp³-hybridized carbons (Fsp3) is 0. The number of rotatable bonds is 2. The zero-order valence-corrected chi connectivity index (χ0v) is 9.44. The second-order valence-electron chi connectivity index (χ2n) is 3.11. The van der Waals surface area contributed by atoms with Gasteiger partial charge in [-0.15, -0.1) is 11.3 Å². The first-order valence-corrected chi connectivity index (χ1v) is 5.63. The fourth-order valence-electron chi connectivity index (χ4n) is 1.27. The lowest BCUT2D eigenvalue weighted by Gasteiger charge is -1.97. The molecule has 2 nitrogen and oxygen atoms in total. The Labute approximate surface area is 97.0 Å². The number of aromatic hydroxyl groups is 1. The Hall–Kier alpha value is -1.39. The highest BCUT2D eigenvalue weighted by molar-refractivity contribution is 7.81. The van der Waals surface area contributed by atoms with Crippen LogP contribution >= 0.6 is 23.6 Å². The van der Waals surface area contributed by atoms with Gasteiger partial charge in [-0.1, -0.05) is 24.4 Å². The van der Waals surface area contributed by atoms with Gasteiger partial charge < -0.3 is 10.8 Å². The van der Waals surface area contributed by atoms with Crippen LogP contribution in [0.2, 0.25) is 0 Å². The van der Waals surface area contributed by atoms with E-state index < -0.39 is 0 Å². The standard InChI is InChI=1S/C11H9NOS2/c12-11(14)10-5-8(6-15-10)7-1-3-9(13)4-2-7/h1-6,13H,(H2,12,14).